The molecule has 0 aromatic carbocycles. The van der Waals surface area contributed by atoms with Crippen LogP contribution in [0.1, 0.15) is 32.1 Å². The van der Waals surface area contributed by atoms with Crippen molar-refractivity contribution in [2.45, 2.75) is 39.8 Å². The van der Waals surface area contributed by atoms with E-state index < -0.39 is 0 Å². The van der Waals surface area contributed by atoms with E-state index in [4.69, 9.17) is 4.52 Å². The van der Waals surface area contributed by atoms with Crippen LogP contribution in [0.3, 0.4) is 0 Å². The van der Waals surface area contributed by atoms with Gasteiger partial charge in [-0.2, -0.15) is 5.10 Å². The van der Waals surface area contributed by atoms with E-state index in [1.165, 1.54) is 5.56 Å². The number of hydrogen-bond acceptors (Lipinski definition) is 5. The molecule has 0 saturated carbocycles. The van der Waals surface area contributed by atoms with E-state index in [1.807, 2.05) is 10.9 Å². The highest BCUT2D eigenvalue weighted by Crippen LogP contribution is 2.15. The molecule has 0 aliphatic carbocycles. The van der Waals surface area contributed by atoms with Crippen LogP contribution in [0, 0.1) is 6.92 Å². The second-order valence-electron chi connectivity index (χ2n) is 7.48. The Labute approximate surface area is 147 Å². The number of carbonyl (C=O) groups is 1. The fraction of sp³-hybridized carbons (Fsp3) is 0.588. The highest BCUT2D eigenvalue weighted by Gasteiger charge is 2.22. The molecule has 0 radical (unpaired) electrons. The molecule has 1 fully saturated rings. The lowest BCUT2D eigenvalue weighted by Crippen LogP contribution is -2.49. The Hall–Kier alpha value is -2.35. The minimum absolute atomic E-state index is 0.00545. The number of hydrogen-bond donors (Lipinski definition) is 1. The summed E-state index contributed by atoms with van der Waals surface area (Å²) in [6.45, 7) is 12.1. The Morgan fingerprint density at radius 1 is 1.28 bits per heavy atom. The summed E-state index contributed by atoms with van der Waals surface area (Å²) in [5.74, 6) is 1.13. The third-order valence-electron chi connectivity index (χ3n) is 4.25. The molecule has 0 spiro atoms. The maximum absolute atomic E-state index is 12.3. The lowest BCUT2D eigenvalue weighted by molar-refractivity contribution is 0.143. The zero-order valence-corrected chi connectivity index (χ0v) is 15.3. The first-order valence-corrected chi connectivity index (χ1v) is 8.57. The quantitative estimate of drug-likeness (QED) is 0.922. The van der Waals surface area contributed by atoms with Crippen LogP contribution < -0.4 is 5.32 Å². The SMILES string of the molecule is Cc1cc(NC(=O)N2CCN(Cc3cnn(C(C)(C)C)c3)CC2)no1. The fourth-order valence-corrected chi connectivity index (χ4v) is 2.79. The van der Waals surface area contributed by atoms with Gasteiger partial charge in [0.15, 0.2) is 5.82 Å². The first kappa shape index (κ1) is 17.5. The van der Waals surface area contributed by atoms with Crippen molar-refractivity contribution in [2.75, 3.05) is 31.5 Å². The number of aryl methyl sites for hydroxylation is 1. The van der Waals surface area contributed by atoms with E-state index in [0.717, 1.165) is 19.6 Å². The van der Waals surface area contributed by atoms with Crippen LogP contribution in [0.25, 0.3) is 0 Å². The monoisotopic (exact) mass is 346 g/mol. The maximum Gasteiger partial charge on any atom is 0.323 e. The molecule has 0 unspecified atom stereocenters. The number of anilines is 1. The molecular formula is C17H26N6O2. The number of aromatic nitrogens is 3. The van der Waals surface area contributed by atoms with Crippen LogP contribution in [-0.4, -0.2) is 56.9 Å². The molecule has 0 atom stereocenters. The molecule has 136 valence electrons. The highest BCUT2D eigenvalue weighted by molar-refractivity contribution is 5.88. The van der Waals surface area contributed by atoms with E-state index in [9.17, 15) is 4.79 Å². The van der Waals surface area contributed by atoms with Gasteiger partial charge in [0.05, 0.1) is 11.7 Å². The first-order chi connectivity index (χ1) is 11.8. The van der Waals surface area contributed by atoms with Crippen LogP contribution in [0.4, 0.5) is 10.6 Å². The van der Waals surface area contributed by atoms with Gasteiger partial charge >= 0.3 is 6.03 Å². The molecule has 1 saturated heterocycles. The second kappa shape index (κ2) is 6.87. The number of nitrogens with zero attached hydrogens (tertiary/aromatic N) is 5. The van der Waals surface area contributed by atoms with Crippen molar-refractivity contribution in [3.8, 4) is 0 Å². The van der Waals surface area contributed by atoms with E-state index in [1.54, 1.807) is 17.9 Å². The molecule has 8 heteroatoms. The van der Waals surface area contributed by atoms with Crippen LogP contribution in [0.2, 0.25) is 0 Å². The average molecular weight is 346 g/mol. The Bertz CT molecular complexity index is 722. The Kier molecular flexibility index (Phi) is 4.80. The van der Waals surface area contributed by atoms with Crippen LogP contribution in [0.15, 0.2) is 23.0 Å². The van der Waals surface area contributed by atoms with Gasteiger partial charge in [-0.1, -0.05) is 5.16 Å². The van der Waals surface area contributed by atoms with Crippen molar-refractivity contribution in [1.29, 1.82) is 0 Å². The molecule has 2 aromatic rings. The van der Waals surface area contributed by atoms with Gasteiger partial charge in [0.1, 0.15) is 5.76 Å². The van der Waals surface area contributed by atoms with Gasteiger partial charge in [0.2, 0.25) is 0 Å². The van der Waals surface area contributed by atoms with E-state index in [2.05, 4.69) is 47.4 Å². The molecule has 2 amide bonds. The third-order valence-corrected chi connectivity index (χ3v) is 4.25. The molecule has 8 nitrogen and oxygen atoms in total. The highest BCUT2D eigenvalue weighted by atomic mass is 16.5. The number of piperazine rings is 1. The average Bonchev–Trinajstić information content (AvgIpc) is 3.17. The van der Waals surface area contributed by atoms with Gasteiger partial charge in [-0.3, -0.25) is 14.9 Å². The fourth-order valence-electron chi connectivity index (χ4n) is 2.79. The summed E-state index contributed by atoms with van der Waals surface area (Å²) in [6.07, 6.45) is 4.03. The lowest BCUT2D eigenvalue weighted by atomic mass is 10.1. The molecule has 0 bridgehead atoms. The summed E-state index contributed by atoms with van der Waals surface area (Å²) in [5, 5.41) is 11.0. The van der Waals surface area contributed by atoms with E-state index >= 15 is 0 Å². The van der Waals surface area contributed by atoms with Crippen molar-refractivity contribution < 1.29 is 9.32 Å². The summed E-state index contributed by atoms with van der Waals surface area (Å²) in [4.78, 5) is 16.4. The number of urea groups is 1. The lowest BCUT2D eigenvalue weighted by Gasteiger charge is -2.34. The molecule has 25 heavy (non-hydrogen) atoms. The van der Waals surface area contributed by atoms with Gasteiger partial charge in [-0.15, -0.1) is 0 Å². The summed E-state index contributed by atoms with van der Waals surface area (Å²) in [6, 6.07) is 1.58. The van der Waals surface area contributed by atoms with Crippen LogP contribution in [0.5, 0.6) is 0 Å². The second-order valence-corrected chi connectivity index (χ2v) is 7.48. The summed E-state index contributed by atoms with van der Waals surface area (Å²) >= 11 is 0. The minimum Gasteiger partial charge on any atom is -0.360 e. The maximum atomic E-state index is 12.3. The molecule has 1 N–H and O–H groups in total. The van der Waals surface area contributed by atoms with E-state index in [-0.39, 0.29) is 11.6 Å². The van der Waals surface area contributed by atoms with Gasteiger partial charge in [-0.25, -0.2) is 4.79 Å². The van der Waals surface area contributed by atoms with Gasteiger partial charge in [0.25, 0.3) is 0 Å². The standard InChI is InChI=1S/C17H26N6O2/c1-13-9-15(20-25-13)19-16(24)22-7-5-21(6-8-22)11-14-10-18-23(12-14)17(2,3)4/h9-10,12H,5-8,11H2,1-4H3,(H,19,20,24). The number of nitrogens with one attached hydrogen (secondary N) is 1. The molecule has 3 rings (SSSR count). The van der Waals surface area contributed by atoms with Crippen molar-refractivity contribution in [2.24, 2.45) is 0 Å². The summed E-state index contributed by atoms with van der Waals surface area (Å²) < 4.78 is 6.95. The van der Waals surface area contributed by atoms with Crippen molar-refractivity contribution >= 4 is 11.8 Å². The Morgan fingerprint density at radius 2 is 2.00 bits per heavy atom. The molecular weight excluding hydrogens is 320 g/mol. The summed E-state index contributed by atoms with van der Waals surface area (Å²) in [5.41, 5.74) is 1.19. The number of carbonyl (C=O) groups excluding carboxylic acids is 1. The van der Waals surface area contributed by atoms with Gasteiger partial charge in [-0.05, 0) is 27.7 Å². The van der Waals surface area contributed by atoms with Gasteiger partial charge in [0, 0.05) is 50.6 Å². The van der Waals surface area contributed by atoms with Crippen molar-refractivity contribution in [3.63, 3.8) is 0 Å². The third kappa shape index (κ3) is 4.39. The summed E-state index contributed by atoms with van der Waals surface area (Å²) in [7, 11) is 0. The predicted molar refractivity (Wildman–Crippen MR) is 94.3 cm³/mol. The number of amides is 2. The first-order valence-electron chi connectivity index (χ1n) is 8.57. The molecule has 2 aromatic heterocycles. The topological polar surface area (TPSA) is 79.4 Å². The largest absolute Gasteiger partial charge is 0.360 e. The smallest absolute Gasteiger partial charge is 0.323 e. The predicted octanol–water partition coefficient (Wildman–Crippen LogP) is 2.28. The van der Waals surface area contributed by atoms with Crippen molar-refractivity contribution in [3.05, 3.63) is 29.8 Å². The molecule has 1 aliphatic heterocycles. The minimum atomic E-state index is -0.131. The van der Waals surface area contributed by atoms with Gasteiger partial charge < -0.3 is 9.42 Å². The van der Waals surface area contributed by atoms with E-state index in [0.29, 0.717) is 24.7 Å². The normalized spacial score (nSPS) is 16.2. The number of rotatable bonds is 3. The zero-order valence-electron chi connectivity index (χ0n) is 15.3. The van der Waals surface area contributed by atoms with Crippen molar-refractivity contribution in [1.82, 2.24) is 24.7 Å². The zero-order chi connectivity index (χ0) is 18.0. The van der Waals surface area contributed by atoms with Crippen LogP contribution in [-0.2, 0) is 12.1 Å². The molecule has 3 heterocycles. The Balaban J connectivity index is 1.48. The van der Waals surface area contributed by atoms with Crippen LogP contribution >= 0.6 is 0 Å². The Morgan fingerprint density at radius 3 is 2.56 bits per heavy atom. The molecule has 1 aliphatic rings.